The molecule has 1 aromatic heterocycles. The maximum absolute atomic E-state index is 11.6. The molecule has 0 aromatic carbocycles. The third-order valence-corrected chi connectivity index (χ3v) is 6.00. The van der Waals surface area contributed by atoms with Crippen LogP contribution in [0, 0.1) is 12.8 Å². The Balaban J connectivity index is 0.00000364. The van der Waals surface area contributed by atoms with Crippen molar-refractivity contribution in [3.63, 3.8) is 0 Å². The van der Waals surface area contributed by atoms with Crippen molar-refractivity contribution in [1.82, 2.24) is 14.9 Å². The number of aliphatic imine (C=N–C) groups is 1. The maximum atomic E-state index is 11.6. The lowest BCUT2D eigenvalue weighted by atomic mass is 9.98. The molecule has 156 valence electrons. The van der Waals surface area contributed by atoms with Gasteiger partial charge in [-0.15, -0.1) is 24.0 Å². The molecule has 0 bridgehead atoms. The van der Waals surface area contributed by atoms with Crippen LogP contribution in [0.4, 0.5) is 0 Å². The molecule has 0 aliphatic carbocycles. The average Bonchev–Trinajstić information content (AvgIpc) is 3.02. The second-order valence-electron chi connectivity index (χ2n) is 7.10. The second kappa shape index (κ2) is 10.1. The highest BCUT2D eigenvalue weighted by Crippen LogP contribution is 2.22. The lowest BCUT2D eigenvalue weighted by Gasteiger charge is -2.30. The van der Waals surface area contributed by atoms with E-state index in [9.17, 15) is 13.5 Å². The molecule has 1 aliphatic heterocycles. The minimum atomic E-state index is -3.09. The van der Waals surface area contributed by atoms with Gasteiger partial charge in [0.05, 0.1) is 12.8 Å². The van der Waals surface area contributed by atoms with Crippen LogP contribution < -0.4 is 10.6 Å². The van der Waals surface area contributed by atoms with E-state index in [-0.39, 0.29) is 30.5 Å². The van der Waals surface area contributed by atoms with E-state index in [1.807, 2.05) is 13.0 Å². The summed E-state index contributed by atoms with van der Waals surface area (Å²) in [5.41, 5.74) is -1.15. The molecule has 10 heteroatoms. The number of hydrogen-bond donors (Lipinski definition) is 3. The third kappa shape index (κ3) is 7.24. The number of nitrogens with one attached hydrogen (secondary N) is 2. The summed E-state index contributed by atoms with van der Waals surface area (Å²) in [7, 11) is -1.42. The van der Waals surface area contributed by atoms with Gasteiger partial charge in [0, 0.05) is 26.7 Å². The molecule has 0 radical (unpaired) electrons. The normalized spacial score (nSPS) is 19.2. The Kier molecular flexibility index (Phi) is 9.03. The van der Waals surface area contributed by atoms with Gasteiger partial charge >= 0.3 is 0 Å². The number of nitrogens with zero attached hydrogens (tertiary/aromatic N) is 2. The zero-order chi connectivity index (χ0) is 19.4. The Morgan fingerprint density at radius 1 is 1.37 bits per heavy atom. The van der Waals surface area contributed by atoms with Gasteiger partial charge in [-0.25, -0.2) is 12.7 Å². The highest BCUT2D eigenvalue weighted by molar-refractivity contribution is 14.0. The number of halogens is 1. The van der Waals surface area contributed by atoms with Crippen LogP contribution in [0.2, 0.25) is 0 Å². The Bertz CT molecular complexity index is 725. The summed E-state index contributed by atoms with van der Waals surface area (Å²) in [4.78, 5) is 4.18. The molecule has 1 unspecified atom stereocenters. The van der Waals surface area contributed by atoms with Crippen molar-refractivity contribution in [3.8, 4) is 0 Å². The molecule has 1 fully saturated rings. The first kappa shape index (κ1) is 24.2. The van der Waals surface area contributed by atoms with Crippen molar-refractivity contribution < 1.29 is 17.9 Å². The van der Waals surface area contributed by atoms with E-state index < -0.39 is 15.6 Å². The lowest BCUT2D eigenvalue weighted by molar-refractivity contribution is 0.0377. The highest BCUT2D eigenvalue weighted by atomic mass is 127. The van der Waals surface area contributed by atoms with Crippen LogP contribution in [-0.4, -0.2) is 63.3 Å². The molecular formula is C17H31IN4O4S. The summed E-state index contributed by atoms with van der Waals surface area (Å²) in [6.07, 6.45) is 2.89. The minimum Gasteiger partial charge on any atom is -0.463 e. The van der Waals surface area contributed by atoms with Crippen molar-refractivity contribution >= 4 is 40.0 Å². The van der Waals surface area contributed by atoms with Crippen LogP contribution in [-0.2, 0) is 15.6 Å². The Morgan fingerprint density at radius 2 is 2.00 bits per heavy atom. The number of piperidine rings is 1. The van der Waals surface area contributed by atoms with Crippen molar-refractivity contribution in [2.45, 2.75) is 32.3 Å². The number of aliphatic hydroxyl groups is 1. The van der Waals surface area contributed by atoms with Crippen LogP contribution in [0.25, 0.3) is 0 Å². The fourth-order valence-corrected chi connectivity index (χ4v) is 3.85. The predicted octanol–water partition coefficient (Wildman–Crippen LogP) is 1.25. The first-order valence-electron chi connectivity index (χ1n) is 8.81. The van der Waals surface area contributed by atoms with Crippen LogP contribution in [0.5, 0.6) is 0 Å². The van der Waals surface area contributed by atoms with E-state index >= 15 is 0 Å². The zero-order valence-corrected chi connectivity index (χ0v) is 19.5. The van der Waals surface area contributed by atoms with E-state index in [1.54, 1.807) is 20.0 Å². The van der Waals surface area contributed by atoms with E-state index in [0.29, 0.717) is 37.3 Å². The summed E-state index contributed by atoms with van der Waals surface area (Å²) in [5, 5.41) is 16.9. The summed E-state index contributed by atoms with van der Waals surface area (Å²) >= 11 is 0. The van der Waals surface area contributed by atoms with Gasteiger partial charge in [0.1, 0.15) is 17.1 Å². The summed E-state index contributed by atoms with van der Waals surface area (Å²) < 4.78 is 30.1. The fourth-order valence-electron chi connectivity index (χ4n) is 2.97. The van der Waals surface area contributed by atoms with Crippen LogP contribution in [0.15, 0.2) is 21.5 Å². The first-order chi connectivity index (χ1) is 12.1. The second-order valence-corrected chi connectivity index (χ2v) is 9.08. The molecule has 1 atom stereocenters. The molecule has 8 nitrogen and oxygen atoms in total. The summed E-state index contributed by atoms with van der Waals surface area (Å²) in [5.74, 6) is 2.24. The van der Waals surface area contributed by atoms with Crippen LogP contribution >= 0.6 is 24.0 Å². The number of hydrogen-bond acceptors (Lipinski definition) is 5. The quantitative estimate of drug-likeness (QED) is 0.300. The molecule has 1 aliphatic rings. The number of rotatable bonds is 6. The van der Waals surface area contributed by atoms with Gasteiger partial charge in [0.15, 0.2) is 5.96 Å². The van der Waals surface area contributed by atoms with Crippen molar-refractivity contribution in [3.05, 3.63) is 23.7 Å². The molecule has 0 saturated carbocycles. The van der Waals surface area contributed by atoms with Gasteiger partial charge < -0.3 is 20.2 Å². The first-order valence-corrected chi connectivity index (χ1v) is 10.7. The van der Waals surface area contributed by atoms with Crippen molar-refractivity contribution in [2.75, 3.05) is 39.5 Å². The number of guanidine groups is 1. The molecule has 0 spiro atoms. The molecule has 3 N–H and O–H groups in total. The standard InChI is InChI=1S/C17H30N4O4S.HI/c1-13-5-6-15(25-13)17(2,22)12-20-16(18-3)19-11-14-7-9-21(10-8-14)26(4,23)24;/h5-6,14,22H,7-12H2,1-4H3,(H2,18,19,20);1H. The Labute approximate surface area is 178 Å². The third-order valence-electron chi connectivity index (χ3n) is 4.70. The van der Waals surface area contributed by atoms with Crippen LogP contribution in [0.3, 0.4) is 0 Å². The smallest absolute Gasteiger partial charge is 0.211 e. The van der Waals surface area contributed by atoms with Gasteiger partial charge in [-0.1, -0.05) is 0 Å². The Morgan fingerprint density at radius 3 is 2.48 bits per heavy atom. The van der Waals surface area contributed by atoms with Crippen molar-refractivity contribution in [2.24, 2.45) is 10.9 Å². The molecule has 1 saturated heterocycles. The molecular weight excluding hydrogens is 483 g/mol. The number of sulfonamides is 1. The highest BCUT2D eigenvalue weighted by Gasteiger charge is 2.28. The molecule has 27 heavy (non-hydrogen) atoms. The van der Waals surface area contributed by atoms with Crippen LogP contribution in [0.1, 0.15) is 31.3 Å². The van der Waals surface area contributed by atoms with Gasteiger partial charge in [0.25, 0.3) is 0 Å². The molecule has 2 rings (SSSR count). The van der Waals surface area contributed by atoms with Gasteiger partial charge in [-0.3, -0.25) is 4.99 Å². The molecule has 1 aromatic rings. The van der Waals surface area contributed by atoms with E-state index in [2.05, 4.69) is 15.6 Å². The molecule has 2 heterocycles. The van der Waals surface area contributed by atoms with E-state index in [1.165, 1.54) is 10.6 Å². The zero-order valence-electron chi connectivity index (χ0n) is 16.4. The minimum absolute atomic E-state index is 0. The topological polar surface area (TPSA) is 107 Å². The SMILES string of the molecule is CN=C(NCC1CCN(S(C)(=O)=O)CC1)NCC(C)(O)c1ccc(C)o1.I. The summed E-state index contributed by atoms with van der Waals surface area (Å²) in [6.45, 7) is 5.61. The summed E-state index contributed by atoms with van der Waals surface area (Å²) in [6, 6.07) is 3.59. The maximum Gasteiger partial charge on any atom is 0.211 e. The average molecular weight is 514 g/mol. The number of furan rings is 1. The predicted molar refractivity (Wildman–Crippen MR) is 117 cm³/mol. The lowest BCUT2D eigenvalue weighted by Crippen LogP contribution is -2.47. The van der Waals surface area contributed by atoms with Gasteiger partial charge in [-0.2, -0.15) is 0 Å². The Hall–Kier alpha value is -0.850. The van der Waals surface area contributed by atoms with E-state index in [0.717, 1.165) is 18.6 Å². The monoisotopic (exact) mass is 514 g/mol. The largest absolute Gasteiger partial charge is 0.463 e. The fraction of sp³-hybridized carbons (Fsp3) is 0.706. The molecule has 0 amide bonds. The van der Waals surface area contributed by atoms with Gasteiger partial charge in [0.2, 0.25) is 10.0 Å². The van der Waals surface area contributed by atoms with E-state index in [4.69, 9.17) is 4.42 Å². The number of aryl methyl sites for hydroxylation is 1. The van der Waals surface area contributed by atoms with Gasteiger partial charge in [-0.05, 0) is 44.7 Å². The van der Waals surface area contributed by atoms with Crippen molar-refractivity contribution in [1.29, 1.82) is 0 Å².